The van der Waals surface area contributed by atoms with Gasteiger partial charge in [-0.15, -0.1) is 0 Å². The minimum Gasteiger partial charge on any atom is -0.317 e. The predicted molar refractivity (Wildman–Crippen MR) is 73.4 cm³/mol. The van der Waals surface area contributed by atoms with Gasteiger partial charge in [-0.1, -0.05) is 17.7 Å². The van der Waals surface area contributed by atoms with Crippen LogP contribution in [0.2, 0.25) is 0 Å². The number of carbonyl (C=O) groups is 1. The van der Waals surface area contributed by atoms with Gasteiger partial charge in [-0.05, 0) is 43.3 Å². The Hall–Kier alpha value is -2.35. The summed E-state index contributed by atoms with van der Waals surface area (Å²) in [6.45, 7) is 2.08. The summed E-state index contributed by atoms with van der Waals surface area (Å²) in [5.41, 5.74) is 4.21. The van der Waals surface area contributed by atoms with Crippen LogP contribution in [0.1, 0.15) is 15.9 Å². The number of carbonyl (C=O) groups excluding carboxylic acids is 1. The van der Waals surface area contributed by atoms with Crippen LogP contribution in [0.5, 0.6) is 0 Å². The molecule has 0 aliphatic heterocycles. The van der Waals surface area contributed by atoms with Gasteiger partial charge < -0.3 is 4.57 Å². The van der Waals surface area contributed by atoms with E-state index in [9.17, 15) is 4.79 Å². The average molecular weight is 235 g/mol. The van der Waals surface area contributed by atoms with Gasteiger partial charge in [0.15, 0.2) is 0 Å². The lowest BCUT2D eigenvalue weighted by atomic mass is 10.2. The molecule has 2 nitrogen and oxygen atoms in total. The molecule has 0 radical (unpaired) electrons. The minimum absolute atomic E-state index is 0.712. The van der Waals surface area contributed by atoms with Crippen molar-refractivity contribution in [3.63, 3.8) is 0 Å². The average Bonchev–Trinajstić information content (AvgIpc) is 2.82. The molecule has 0 fully saturated rings. The van der Waals surface area contributed by atoms with Crippen LogP contribution in [0.15, 0.2) is 54.7 Å². The lowest BCUT2D eigenvalue weighted by molar-refractivity contribution is 0.112. The van der Waals surface area contributed by atoms with Gasteiger partial charge >= 0.3 is 0 Å². The topological polar surface area (TPSA) is 22.0 Å². The molecule has 0 unspecified atom stereocenters. The number of benzene rings is 2. The van der Waals surface area contributed by atoms with E-state index in [2.05, 4.69) is 35.8 Å². The zero-order valence-electron chi connectivity index (χ0n) is 10.1. The molecule has 2 aromatic carbocycles. The highest BCUT2D eigenvalue weighted by Crippen LogP contribution is 2.21. The molecule has 0 saturated heterocycles. The van der Waals surface area contributed by atoms with Crippen molar-refractivity contribution in [1.82, 2.24) is 4.57 Å². The number of aldehydes is 1. The maximum Gasteiger partial charge on any atom is 0.150 e. The molecule has 0 amide bonds. The van der Waals surface area contributed by atoms with E-state index in [4.69, 9.17) is 0 Å². The molecule has 1 heterocycles. The van der Waals surface area contributed by atoms with Gasteiger partial charge in [0.25, 0.3) is 0 Å². The fourth-order valence-corrected chi connectivity index (χ4v) is 2.16. The zero-order chi connectivity index (χ0) is 12.5. The second-order valence-electron chi connectivity index (χ2n) is 4.46. The molecule has 0 spiro atoms. The largest absolute Gasteiger partial charge is 0.317 e. The Morgan fingerprint density at radius 2 is 1.78 bits per heavy atom. The monoisotopic (exact) mass is 235 g/mol. The molecule has 1 aromatic heterocycles. The number of nitrogens with zero attached hydrogens (tertiary/aromatic N) is 1. The first-order valence-corrected chi connectivity index (χ1v) is 5.91. The molecule has 0 aliphatic carbocycles. The molecule has 0 atom stereocenters. The first kappa shape index (κ1) is 10.8. The van der Waals surface area contributed by atoms with Crippen molar-refractivity contribution < 1.29 is 4.79 Å². The van der Waals surface area contributed by atoms with Crippen LogP contribution in [-0.4, -0.2) is 10.9 Å². The maximum absolute atomic E-state index is 10.8. The van der Waals surface area contributed by atoms with E-state index < -0.39 is 0 Å². The first-order chi connectivity index (χ1) is 8.78. The quantitative estimate of drug-likeness (QED) is 0.620. The van der Waals surface area contributed by atoms with Crippen LogP contribution in [-0.2, 0) is 0 Å². The SMILES string of the molecule is Cc1ccc(-n2ccc3cc(C=O)ccc32)cc1. The highest BCUT2D eigenvalue weighted by molar-refractivity contribution is 5.88. The van der Waals surface area contributed by atoms with Crippen LogP contribution >= 0.6 is 0 Å². The van der Waals surface area contributed by atoms with Crippen LogP contribution in [0, 0.1) is 6.92 Å². The summed E-state index contributed by atoms with van der Waals surface area (Å²) in [7, 11) is 0. The van der Waals surface area contributed by atoms with E-state index in [1.807, 2.05) is 30.5 Å². The van der Waals surface area contributed by atoms with E-state index in [0.29, 0.717) is 5.56 Å². The normalized spacial score (nSPS) is 10.7. The van der Waals surface area contributed by atoms with Crippen molar-refractivity contribution in [2.24, 2.45) is 0 Å². The Morgan fingerprint density at radius 1 is 1.00 bits per heavy atom. The van der Waals surface area contributed by atoms with Crippen molar-refractivity contribution in [2.75, 3.05) is 0 Å². The van der Waals surface area contributed by atoms with Crippen molar-refractivity contribution >= 4 is 17.2 Å². The van der Waals surface area contributed by atoms with E-state index in [1.165, 1.54) is 5.56 Å². The second-order valence-corrected chi connectivity index (χ2v) is 4.46. The third kappa shape index (κ3) is 1.72. The lowest BCUT2D eigenvalue weighted by Gasteiger charge is -2.06. The molecule has 3 aromatic rings. The Kier molecular flexibility index (Phi) is 2.49. The summed E-state index contributed by atoms with van der Waals surface area (Å²) in [6.07, 6.45) is 2.91. The standard InChI is InChI=1S/C16H13NO/c1-12-2-5-15(6-3-12)17-9-8-14-10-13(11-18)4-7-16(14)17/h2-11H,1H3. The molecule has 88 valence electrons. The van der Waals surface area contributed by atoms with Gasteiger partial charge in [-0.3, -0.25) is 4.79 Å². The predicted octanol–water partition coefficient (Wildman–Crippen LogP) is 3.75. The zero-order valence-corrected chi connectivity index (χ0v) is 10.1. The van der Waals surface area contributed by atoms with Gasteiger partial charge in [-0.2, -0.15) is 0 Å². The van der Waals surface area contributed by atoms with Crippen molar-refractivity contribution in [1.29, 1.82) is 0 Å². The first-order valence-electron chi connectivity index (χ1n) is 5.91. The van der Waals surface area contributed by atoms with E-state index in [-0.39, 0.29) is 0 Å². The summed E-state index contributed by atoms with van der Waals surface area (Å²) in [5.74, 6) is 0. The molecular weight excluding hydrogens is 222 g/mol. The van der Waals surface area contributed by atoms with E-state index >= 15 is 0 Å². The third-order valence-electron chi connectivity index (χ3n) is 3.16. The molecule has 0 aliphatic rings. The van der Waals surface area contributed by atoms with Gasteiger partial charge in [0, 0.05) is 22.8 Å². The van der Waals surface area contributed by atoms with Crippen LogP contribution < -0.4 is 0 Å². The van der Waals surface area contributed by atoms with E-state index in [1.54, 1.807) is 0 Å². The number of aromatic nitrogens is 1. The Bertz CT molecular complexity index is 708. The molecule has 2 heteroatoms. The summed E-state index contributed by atoms with van der Waals surface area (Å²) in [6, 6.07) is 16.2. The highest BCUT2D eigenvalue weighted by Gasteiger charge is 2.03. The number of aryl methyl sites for hydroxylation is 1. The van der Waals surface area contributed by atoms with E-state index in [0.717, 1.165) is 22.9 Å². The second kappa shape index (κ2) is 4.15. The maximum atomic E-state index is 10.8. The number of fused-ring (bicyclic) bond motifs is 1. The van der Waals surface area contributed by atoms with Gasteiger partial charge in [0.1, 0.15) is 6.29 Å². The van der Waals surface area contributed by atoms with Crippen molar-refractivity contribution in [3.05, 3.63) is 65.9 Å². The minimum atomic E-state index is 0.712. The summed E-state index contributed by atoms with van der Waals surface area (Å²) < 4.78 is 2.13. The van der Waals surface area contributed by atoms with Crippen LogP contribution in [0.4, 0.5) is 0 Å². The molecule has 0 saturated carbocycles. The molecular formula is C16H13NO. The third-order valence-corrected chi connectivity index (χ3v) is 3.16. The highest BCUT2D eigenvalue weighted by atomic mass is 16.1. The van der Waals surface area contributed by atoms with Crippen LogP contribution in [0.3, 0.4) is 0 Å². The van der Waals surface area contributed by atoms with Crippen LogP contribution in [0.25, 0.3) is 16.6 Å². The summed E-state index contributed by atoms with van der Waals surface area (Å²) in [4.78, 5) is 10.8. The van der Waals surface area contributed by atoms with Gasteiger partial charge in [0.2, 0.25) is 0 Å². The Morgan fingerprint density at radius 3 is 2.50 bits per heavy atom. The lowest BCUT2D eigenvalue weighted by Crippen LogP contribution is -1.91. The fraction of sp³-hybridized carbons (Fsp3) is 0.0625. The Balaban J connectivity index is 2.18. The fourth-order valence-electron chi connectivity index (χ4n) is 2.16. The number of hydrogen-bond donors (Lipinski definition) is 0. The number of hydrogen-bond acceptors (Lipinski definition) is 1. The van der Waals surface area contributed by atoms with Gasteiger partial charge in [-0.25, -0.2) is 0 Å². The number of rotatable bonds is 2. The molecule has 0 N–H and O–H groups in total. The van der Waals surface area contributed by atoms with Crippen molar-refractivity contribution in [2.45, 2.75) is 6.92 Å². The smallest absolute Gasteiger partial charge is 0.150 e. The molecule has 3 rings (SSSR count). The van der Waals surface area contributed by atoms with Gasteiger partial charge in [0.05, 0.1) is 5.52 Å². The molecule has 0 bridgehead atoms. The summed E-state index contributed by atoms with van der Waals surface area (Å²) in [5, 5.41) is 1.08. The van der Waals surface area contributed by atoms with Crippen molar-refractivity contribution in [3.8, 4) is 5.69 Å². The Labute approximate surface area is 105 Å². The molecule has 18 heavy (non-hydrogen) atoms. The summed E-state index contributed by atoms with van der Waals surface area (Å²) >= 11 is 0.